The first-order valence-electron chi connectivity index (χ1n) is 7.95. The van der Waals surface area contributed by atoms with E-state index in [1.807, 2.05) is 13.0 Å². The number of fused-ring (bicyclic) bond motifs is 1. The molecule has 1 aromatic carbocycles. The molecule has 1 atom stereocenters. The van der Waals surface area contributed by atoms with Crippen LogP contribution in [0, 0.1) is 13.8 Å². The molecule has 0 aliphatic carbocycles. The summed E-state index contributed by atoms with van der Waals surface area (Å²) in [5, 5.41) is 2.72. The van der Waals surface area contributed by atoms with Gasteiger partial charge in [-0.15, -0.1) is 0 Å². The van der Waals surface area contributed by atoms with Gasteiger partial charge in [0.1, 0.15) is 6.04 Å². The molecule has 0 aliphatic heterocycles. The maximum Gasteiger partial charge on any atom is 0.420 e. The van der Waals surface area contributed by atoms with Gasteiger partial charge in [0.2, 0.25) is 5.91 Å². The predicted octanol–water partition coefficient (Wildman–Crippen LogP) is 1.78. The number of aromatic amines is 1. The van der Waals surface area contributed by atoms with Crippen LogP contribution in [0.4, 0.5) is 0 Å². The molecule has 0 radical (unpaired) electrons. The van der Waals surface area contributed by atoms with Gasteiger partial charge in [-0.05, 0) is 44.5 Å². The third-order valence-corrected chi connectivity index (χ3v) is 4.22. The summed E-state index contributed by atoms with van der Waals surface area (Å²) in [6.07, 6.45) is 0. The van der Waals surface area contributed by atoms with E-state index in [0.29, 0.717) is 16.7 Å². The molecule has 7 heteroatoms. The second-order valence-electron chi connectivity index (χ2n) is 6.04. The topological polar surface area (TPSA) is 97.1 Å². The molecular formula is C18H19N3O4. The second-order valence-corrected chi connectivity index (χ2v) is 6.04. The second kappa shape index (κ2) is 6.43. The Morgan fingerprint density at radius 2 is 2.00 bits per heavy atom. The Morgan fingerprint density at radius 1 is 1.28 bits per heavy atom. The minimum atomic E-state index is -0.763. The largest absolute Gasteiger partial charge is 0.420 e. The van der Waals surface area contributed by atoms with Gasteiger partial charge in [-0.25, -0.2) is 4.79 Å². The smallest absolute Gasteiger partial charge is 0.408 e. The molecule has 0 spiro atoms. The van der Waals surface area contributed by atoms with E-state index in [4.69, 9.17) is 4.42 Å². The molecule has 2 N–H and O–H groups in total. The number of carbonyl (C=O) groups excluding carboxylic acids is 1. The zero-order valence-corrected chi connectivity index (χ0v) is 14.3. The number of pyridine rings is 1. The van der Waals surface area contributed by atoms with Crippen LogP contribution in [0.1, 0.15) is 29.8 Å². The summed E-state index contributed by atoms with van der Waals surface area (Å²) < 4.78 is 6.46. The zero-order chi connectivity index (χ0) is 18.1. The molecule has 2 heterocycles. The fraction of sp³-hybridized carbons (Fsp3) is 0.278. The number of nitrogens with one attached hydrogen (secondary N) is 2. The van der Waals surface area contributed by atoms with Gasteiger partial charge >= 0.3 is 5.76 Å². The fourth-order valence-corrected chi connectivity index (χ4v) is 2.89. The highest BCUT2D eigenvalue weighted by atomic mass is 16.4. The van der Waals surface area contributed by atoms with Crippen LogP contribution in [0.3, 0.4) is 0 Å². The summed E-state index contributed by atoms with van der Waals surface area (Å²) in [5.41, 5.74) is 2.83. The van der Waals surface area contributed by atoms with E-state index in [9.17, 15) is 14.4 Å². The van der Waals surface area contributed by atoms with Crippen molar-refractivity contribution >= 4 is 17.0 Å². The number of carbonyl (C=O) groups is 1. The lowest BCUT2D eigenvalue weighted by Gasteiger charge is -2.14. The summed E-state index contributed by atoms with van der Waals surface area (Å²) in [4.78, 5) is 39.3. The minimum Gasteiger partial charge on any atom is -0.408 e. The van der Waals surface area contributed by atoms with E-state index in [2.05, 4.69) is 10.3 Å². The van der Waals surface area contributed by atoms with Crippen molar-refractivity contribution in [2.75, 3.05) is 0 Å². The Labute approximate surface area is 143 Å². The minimum absolute atomic E-state index is 0.0924. The number of benzene rings is 1. The number of H-pyrrole nitrogens is 1. The van der Waals surface area contributed by atoms with Crippen LogP contribution in [-0.2, 0) is 11.3 Å². The number of oxazole rings is 1. The lowest BCUT2D eigenvalue weighted by Crippen LogP contribution is -2.35. The molecule has 3 rings (SSSR count). The standard InChI is InChI=1S/C18H19N3O4/c1-10-8-11(2)20-17(23)13(10)9-19-16(22)12(3)21-14-6-4-5-7-15(14)25-18(21)24/h4-8,12H,9H2,1-3H3,(H,19,22)(H,20,23)/t12-/m1/s1. The maximum absolute atomic E-state index is 12.5. The first kappa shape index (κ1) is 16.8. The average molecular weight is 341 g/mol. The van der Waals surface area contributed by atoms with Crippen molar-refractivity contribution in [3.8, 4) is 0 Å². The summed E-state index contributed by atoms with van der Waals surface area (Å²) in [6, 6.07) is 8.01. The van der Waals surface area contributed by atoms with Crippen molar-refractivity contribution in [2.45, 2.75) is 33.4 Å². The highest BCUT2D eigenvalue weighted by molar-refractivity contribution is 5.82. The lowest BCUT2D eigenvalue weighted by molar-refractivity contribution is -0.124. The molecule has 25 heavy (non-hydrogen) atoms. The van der Waals surface area contributed by atoms with Gasteiger partial charge < -0.3 is 14.7 Å². The number of amides is 1. The first-order valence-corrected chi connectivity index (χ1v) is 7.95. The molecule has 7 nitrogen and oxygen atoms in total. The van der Waals surface area contributed by atoms with Crippen LogP contribution < -0.4 is 16.6 Å². The molecule has 0 saturated heterocycles. The van der Waals surface area contributed by atoms with Gasteiger partial charge in [0.25, 0.3) is 5.56 Å². The lowest BCUT2D eigenvalue weighted by atomic mass is 10.1. The summed E-state index contributed by atoms with van der Waals surface area (Å²) in [6.45, 7) is 5.33. The number of nitrogens with zero attached hydrogens (tertiary/aromatic N) is 1. The Hall–Kier alpha value is -3.09. The Kier molecular flexibility index (Phi) is 4.31. The van der Waals surface area contributed by atoms with Gasteiger partial charge in [0, 0.05) is 17.8 Å². The van der Waals surface area contributed by atoms with E-state index >= 15 is 0 Å². The monoisotopic (exact) mass is 341 g/mol. The molecule has 3 aromatic rings. The fourth-order valence-electron chi connectivity index (χ4n) is 2.89. The van der Waals surface area contributed by atoms with E-state index in [1.54, 1.807) is 38.1 Å². The van der Waals surface area contributed by atoms with Crippen LogP contribution in [-0.4, -0.2) is 15.5 Å². The maximum atomic E-state index is 12.5. The highest BCUT2D eigenvalue weighted by Gasteiger charge is 2.21. The Balaban J connectivity index is 1.83. The number of aryl methyl sites for hydroxylation is 2. The first-order chi connectivity index (χ1) is 11.9. The molecule has 0 unspecified atom stereocenters. The zero-order valence-electron chi connectivity index (χ0n) is 14.3. The summed E-state index contributed by atoms with van der Waals surface area (Å²) >= 11 is 0. The van der Waals surface area contributed by atoms with Crippen LogP contribution >= 0.6 is 0 Å². The molecule has 0 aliphatic rings. The number of hydrogen-bond donors (Lipinski definition) is 2. The third kappa shape index (κ3) is 3.13. The van der Waals surface area contributed by atoms with Crippen LogP contribution in [0.25, 0.3) is 11.1 Å². The highest BCUT2D eigenvalue weighted by Crippen LogP contribution is 2.16. The summed E-state index contributed by atoms with van der Waals surface area (Å²) in [7, 11) is 0. The number of aromatic nitrogens is 2. The molecule has 0 fully saturated rings. The SMILES string of the molecule is Cc1cc(C)c(CNC(=O)[C@@H](C)n2c(=O)oc3ccccc32)c(=O)[nH]1. The van der Waals surface area contributed by atoms with Gasteiger partial charge in [-0.2, -0.15) is 0 Å². The van der Waals surface area contributed by atoms with Crippen molar-refractivity contribution in [3.05, 3.63) is 68.1 Å². The molecule has 1 amide bonds. The van der Waals surface area contributed by atoms with Crippen molar-refractivity contribution in [2.24, 2.45) is 0 Å². The van der Waals surface area contributed by atoms with Crippen LogP contribution in [0.2, 0.25) is 0 Å². The van der Waals surface area contributed by atoms with Gasteiger partial charge in [-0.3, -0.25) is 14.2 Å². The van der Waals surface area contributed by atoms with Crippen LogP contribution in [0.5, 0.6) is 0 Å². The molecule has 0 bridgehead atoms. The molecule has 0 saturated carbocycles. The van der Waals surface area contributed by atoms with Gasteiger partial charge in [0.15, 0.2) is 5.58 Å². The predicted molar refractivity (Wildman–Crippen MR) is 93.6 cm³/mol. The van der Waals surface area contributed by atoms with Crippen molar-refractivity contribution in [1.29, 1.82) is 0 Å². The summed E-state index contributed by atoms with van der Waals surface area (Å²) in [5.74, 6) is -0.957. The average Bonchev–Trinajstić information content (AvgIpc) is 2.88. The van der Waals surface area contributed by atoms with E-state index < -0.39 is 11.8 Å². The number of hydrogen-bond acceptors (Lipinski definition) is 4. The molecule has 130 valence electrons. The van der Waals surface area contributed by atoms with Gasteiger partial charge in [0.05, 0.1) is 5.52 Å². The number of rotatable bonds is 4. The van der Waals surface area contributed by atoms with E-state index in [-0.39, 0.29) is 18.0 Å². The van der Waals surface area contributed by atoms with E-state index in [1.165, 1.54) is 4.57 Å². The Bertz CT molecular complexity index is 1060. The Morgan fingerprint density at radius 3 is 2.72 bits per heavy atom. The normalized spacial score (nSPS) is 12.3. The van der Waals surface area contributed by atoms with Crippen molar-refractivity contribution < 1.29 is 9.21 Å². The number of para-hydroxylation sites is 2. The molecular weight excluding hydrogens is 322 g/mol. The van der Waals surface area contributed by atoms with E-state index in [0.717, 1.165) is 11.3 Å². The van der Waals surface area contributed by atoms with Crippen molar-refractivity contribution in [3.63, 3.8) is 0 Å². The van der Waals surface area contributed by atoms with Crippen molar-refractivity contribution in [1.82, 2.24) is 14.9 Å². The quantitative estimate of drug-likeness (QED) is 0.756. The third-order valence-electron chi connectivity index (χ3n) is 4.22. The van der Waals surface area contributed by atoms with Gasteiger partial charge in [-0.1, -0.05) is 12.1 Å². The molecule has 2 aromatic heterocycles. The van der Waals surface area contributed by atoms with Crippen LogP contribution in [0.15, 0.2) is 44.3 Å².